The number of ether oxygens (including phenoxy) is 1. The van der Waals surface area contributed by atoms with E-state index in [1.807, 2.05) is 44.2 Å². The number of methoxy groups -OCH3 is 1. The third kappa shape index (κ3) is 4.58. The van der Waals surface area contributed by atoms with Gasteiger partial charge in [0, 0.05) is 10.7 Å². The summed E-state index contributed by atoms with van der Waals surface area (Å²) in [5.41, 5.74) is 3.37. The highest BCUT2D eigenvalue weighted by Gasteiger charge is 2.15. The Morgan fingerprint density at radius 1 is 1.26 bits per heavy atom. The summed E-state index contributed by atoms with van der Waals surface area (Å²) < 4.78 is 6.95. The smallest absolute Gasteiger partial charge is 0.234 e. The number of nitrogens with zero attached hydrogens (tertiary/aromatic N) is 4. The number of aromatic nitrogens is 4. The number of amides is 1. The van der Waals surface area contributed by atoms with Gasteiger partial charge in [-0.1, -0.05) is 35.5 Å². The molecule has 27 heavy (non-hydrogen) atoms. The van der Waals surface area contributed by atoms with Crippen molar-refractivity contribution in [2.75, 3.05) is 18.2 Å². The van der Waals surface area contributed by atoms with E-state index >= 15 is 0 Å². The molecule has 1 amide bonds. The van der Waals surface area contributed by atoms with Crippen molar-refractivity contribution in [1.29, 1.82) is 0 Å². The van der Waals surface area contributed by atoms with E-state index in [-0.39, 0.29) is 11.7 Å². The van der Waals surface area contributed by atoms with Crippen LogP contribution in [0, 0.1) is 13.8 Å². The highest BCUT2D eigenvalue weighted by Crippen LogP contribution is 2.27. The van der Waals surface area contributed by atoms with E-state index in [9.17, 15) is 4.79 Å². The lowest BCUT2D eigenvalue weighted by Crippen LogP contribution is -2.14. The van der Waals surface area contributed by atoms with Crippen molar-refractivity contribution in [2.24, 2.45) is 0 Å². The van der Waals surface area contributed by atoms with Crippen molar-refractivity contribution >= 4 is 35.0 Å². The van der Waals surface area contributed by atoms with Crippen molar-refractivity contribution in [3.8, 4) is 11.4 Å². The number of aryl methyl sites for hydroxylation is 2. The van der Waals surface area contributed by atoms with Crippen LogP contribution in [0.15, 0.2) is 41.6 Å². The molecule has 0 spiro atoms. The number of tetrazole rings is 1. The van der Waals surface area contributed by atoms with Gasteiger partial charge in [-0.05, 0) is 59.7 Å². The number of nitrogens with one attached hydrogen (secondary N) is 1. The molecule has 1 aromatic heterocycles. The zero-order valence-electron chi connectivity index (χ0n) is 15.1. The lowest BCUT2D eigenvalue weighted by atomic mass is 10.2. The molecule has 1 N–H and O–H groups in total. The fourth-order valence-corrected chi connectivity index (χ4v) is 3.25. The van der Waals surface area contributed by atoms with Crippen LogP contribution in [0.4, 0.5) is 5.69 Å². The Kier molecular flexibility index (Phi) is 5.98. The summed E-state index contributed by atoms with van der Waals surface area (Å²) in [6.07, 6.45) is 0. The monoisotopic (exact) mass is 403 g/mol. The van der Waals surface area contributed by atoms with E-state index in [0.717, 1.165) is 16.8 Å². The zero-order chi connectivity index (χ0) is 19.4. The second-order valence-corrected chi connectivity index (χ2v) is 7.20. The summed E-state index contributed by atoms with van der Waals surface area (Å²) in [4.78, 5) is 12.3. The lowest BCUT2D eigenvalue weighted by molar-refractivity contribution is -0.113. The number of carbonyl (C=O) groups excluding carboxylic acids is 1. The zero-order valence-corrected chi connectivity index (χ0v) is 16.6. The molecule has 0 saturated heterocycles. The Morgan fingerprint density at radius 3 is 2.81 bits per heavy atom. The molecular formula is C18H18ClN5O2S. The van der Waals surface area contributed by atoms with Gasteiger partial charge >= 0.3 is 0 Å². The van der Waals surface area contributed by atoms with Crippen molar-refractivity contribution < 1.29 is 9.53 Å². The second kappa shape index (κ2) is 8.41. The van der Waals surface area contributed by atoms with Crippen LogP contribution in [0.1, 0.15) is 11.1 Å². The Balaban J connectivity index is 1.71. The molecule has 0 fully saturated rings. The van der Waals surface area contributed by atoms with Crippen LogP contribution in [0.2, 0.25) is 5.02 Å². The number of halogens is 1. The van der Waals surface area contributed by atoms with Crippen LogP contribution in [0.5, 0.6) is 5.75 Å². The molecular weight excluding hydrogens is 386 g/mol. The first-order chi connectivity index (χ1) is 13.0. The summed E-state index contributed by atoms with van der Waals surface area (Å²) in [7, 11) is 1.59. The number of rotatable bonds is 6. The standard InChI is InChI=1S/C18H18ClN5O2S/c1-11-4-7-16(26-3)15(8-11)24-18(21-22-23-24)27-10-17(25)20-13-6-5-12(2)14(19)9-13/h4-9H,10H2,1-3H3,(H,20,25). The fraction of sp³-hybridized carbons (Fsp3) is 0.222. The molecule has 2 aromatic carbocycles. The van der Waals surface area contributed by atoms with Crippen molar-refractivity contribution in [2.45, 2.75) is 19.0 Å². The van der Waals surface area contributed by atoms with E-state index in [1.165, 1.54) is 11.8 Å². The molecule has 0 bridgehead atoms. The first kappa shape index (κ1) is 19.2. The predicted octanol–water partition coefficient (Wildman–Crippen LogP) is 3.67. The van der Waals surface area contributed by atoms with Gasteiger partial charge in [0.2, 0.25) is 11.1 Å². The number of anilines is 1. The third-order valence-corrected chi connectivity index (χ3v) is 5.12. The minimum Gasteiger partial charge on any atom is -0.494 e. The molecule has 0 atom stereocenters. The lowest BCUT2D eigenvalue weighted by Gasteiger charge is -2.10. The highest BCUT2D eigenvalue weighted by atomic mass is 35.5. The van der Waals surface area contributed by atoms with Crippen LogP contribution < -0.4 is 10.1 Å². The molecule has 7 nitrogen and oxygen atoms in total. The maximum atomic E-state index is 12.3. The molecule has 3 rings (SSSR count). The molecule has 0 radical (unpaired) electrons. The topological polar surface area (TPSA) is 81.9 Å². The van der Waals surface area contributed by atoms with Crippen LogP contribution in [-0.4, -0.2) is 39.0 Å². The highest BCUT2D eigenvalue weighted by molar-refractivity contribution is 7.99. The average molecular weight is 404 g/mol. The Hall–Kier alpha value is -2.58. The van der Waals surface area contributed by atoms with Gasteiger partial charge in [0.15, 0.2) is 0 Å². The van der Waals surface area contributed by atoms with Crippen LogP contribution in [0.25, 0.3) is 5.69 Å². The third-order valence-electron chi connectivity index (χ3n) is 3.79. The normalized spacial score (nSPS) is 10.7. The fourth-order valence-electron chi connectivity index (χ4n) is 2.38. The van der Waals surface area contributed by atoms with E-state index in [4.69, 9.17) is 16.3 Å². The molecule has 0 unspecified atom stereocenters. The van der Waals surface area contributed by atoms with Crippen molar-refractivity contribution in [3.05, 3.63) is 52.5 Å². The van der Waals surface area contributed by atoms with Gasteiger partial charge in [-0.25, -0.2) is 0 Å². The van der Waals surface area contributed by atoms with E-state index < -0.39 is 0 Å². The minimum atomic E-state index is -0.175. The van der Waals surface area contributed by atoms with Crippen LogP contribution >= 0.6 is 23.4 Å². The number of thioether (sulfide) groups is 1. The molecule has 0 aliphatic rings. The Morgan fingerprint density at radius 2 is 2.07 bits per heavy atom. The van der Waals surface area contributed by atoms with Gasteiger partial charge in [-0.3, -0.25) is 4.79 Å². The number of hydrogen-bond donors (Lipinski definition) is 1. The van der Waals surface area contributed by atoms with Gasteiger partial charge in [-0.15, -0.1) is 5.10 Å². The Labute approximate surface area is 166 Å². The Bertz CT molecular complexity index is 976. The number of carbonyl (C=O) groups is 1. The maximum absolute atomic E-state index is 12.3. The van der Waals surface area contributed by atoms with Gasteiger partial charge in [0.05, 0.1) is 12.9 Å². The van der Waals surface area contributed by atoms with E-state index in [1.54, 1.807) is 17.9 Å². The first-order valence-electron chi connectivity index (χ1n) is 8.10. The largest absolute Gasteiger partial charge is 0.494 e. The average Bonchev–Trinajstić information content (AvgIpc) is 3.11. The molecule has 140 valence electrons. The van der Waals surface area contributed by atoms with Gasteiger partial charge in [0.25, 0.3) is 0 Å². The molecule has 3 aromatic rings. The molecule has 1 heterocycles. The summed E-state index contributed by atoms with van der Waals surface area (Å²) in [5, 5.41) is 15.7. The summed E-state index contributed by atoms with van der Waals surface area (Å²) >= 11 is 7.32. The van der Waals surface area contributed by atoms with E-state index in [0.29, 0.717) is 21.6 Å². The molecule has 0 aliphatic heterocycles. The summed E-state index contributed by atoms with van der Waals surface area (Å²) in [6, 6.07) is 11.1. The summed E-state index contributed by atoms with van der Waals surface area (Å²) in [6.45, 7) is 3.88. The molecule has 9 heteroatoms. The van der Waals surface area contributed by atoms with Crippen molar-refractivity contribution in [3.63, 3.8) is 0 Å². The van der Waals surface area contributed by atoms with Gasteiger partial charge in [0.1, 0.15) is 11.4 Å². The predicted molar refractivity (Wildman–Crippen MR) is 106 cm³/mol. The van der Waals surface area contributed by atoms with E-state index in [2.05, 4.69) is 20.8 Å². The summed E-state index contributed by atoms with van der Waals surface area (Å²) in [5.74, 6) is 0.624. The van der Waals surface area contributed by atoms with Crippen LogP contribution in [-0.2, 0) is 4.79 Å². The molecule has 0 aliphatic carbocycles. The van der Waals surface area contributed by atoms with Gasteiger partial charge < -0.3 is 10.1 Å². The number of benzene rings is 2. The second-order valence-electron chi connectivity index (χ2n) is 5.85. The maximum Gasteiger partial charge on any atom is 0.234 e. The molecule has 0 saturated carbocycles. The first-order valence-corrected chi connectivity index (χ1v) is 9.46. The van der Waals surface area contributed by atoms with Crippen LogP contribution in [0.3, 0.4) is 0 Å². The SMILES string of the molecule is COc1ccc(C)cc1-n1nnnc1SCC(=O)Nc1ccc(C)c(Cl)c1. The minimum absolute atomic E-state index is 0.153. The van der Waals surface area contributed by atoms with Crippen molar-refractivity contribution in [1.82, 2.24) is 20.2 Å². The number of hydrogen-bond acceptors (Lipinski definition) is 6. The quantitative estimate of drug-likeness (QED) is 0.632. The van der Waals surface area contributed by atoms with Gasteiger partial charge in [-0.2, -0.15) is 4.68 Å².